The molecule has 2 N–H and O–H groups in total. The molecule has 0 saturated carbocycles. The van der Waals surface area contributed by atoms with Crippen LogP contribution in [-0.2, 0) is 11.3 Å². The van der Waals surface area contributed by atoms with Crippen LogP contribution < -0.4 is 5.32 Å². The number of nitrogens with zero attached hydrogens (tertiary/aromatic N) is 1. The standard InChI is InChI=1S/C8H12N2O2S/c1-2-6(8(11)12)10-5-7-9-3-4-13-7/h3-4,6,10H,2,5H2,1H3,(H,11,12). The largest absolute Gasteiger partial charge is 0.480 e. The minimum absolute atomic E-state index is 0.469. The average Bonchev–Trinajstić information content (AvgIpc) is 2.57. The fourth-order valence-corrected chi connectivity index (χ4v) is 1.52. The molecule has 0 amide bonds. The van der Waals surface area contributed by atoms with Gasteiger partial charge in [0.05, 0.1) is 0 Å². The van der Waals surface area contributed by atoms with Gasteiger partial charge in [-0.15, -0.1) is 11.3 Å². The zero-order chi connectivity index (χ0) is 9.68. The highest BCUT2D eigenvalue weighted by Gasteiger charge is 2.13. The monoisotopic (exact) mass is 200 g/mol. The van der Waals surface area contributed by atoms with Crippen molar-refractivity contribution in [2.24, 2.45) is 0 Å². The highest BCUT2D eigenvalue weighted by Crippen LogP contribution is 2.03. The summed E-state index contributed by atoms with van der Waals surface area (Å²) in [6.07, 6.45) is 2.30. The van der Waals surface area contributed by atoms with Gasteiger partial charge >= 0.3 is 5.97 Å². The van der Waals surface area contributed by atoms with E-state index in [1.165, 1.54) is 11.3 Å². The van der Waals surface area contributed by atoms with Crippen LogP contribution in [0.15, 0.2) is 11.6 Å². The van der Waals surface area contributed by atoms with Gasteiger partial charge in [-0.3, -0.25) is 10.1 Å². The van der Waals surface area contributed by atoms with Gasteiger partial charge in [-0.25, -0.2) is 4.98 Å². The van der Waals surface area contributed by atoms with Crippen molar-refractivity contribution in [1.82, 2.24) is 10.3 Å². The third kappa shape index (κ3) is 3.12. The van der Waals surface area contributed by atoms with Crippen LogP contribution in [0.2, 0.25) is 0 Å². The van der Waals surface area contributed by atoms with E-state index >= 15 is 0 Å². The molecule has 13 heavy (non-hydrogen) atoms. The van der Waals surface area contributed by atoms with Crippen LogP contribution in [0, 0.1) is 0 Å². The fraction of sp³-hybridized carbons (Fsp3) is 0.500. The Kier molecular flexibility index (Phi) is 3.85. The van der Waals surface area contributed by atoms with Crippen molar-refractivity contribution in [2.75, 3.05) is 0 Å². The van der Waals surface area contributed by atoms with E-state index in [4.69, 9.17) is 5.11 Å². The molecular weight excluding hydrogens is 188 g/mol. The molecule has 0 radical (unpaired) electrons. The van der Waals surface area contributed by atoms with Crippen molar-refractivity contribution in [1.29, 1.82) is 0 Å². The lowest BCUT2D eigenvalue weighted by molar-refractivity contribution is -0.139. The highest BCUT2D eigenvalue weighted by molar-refractivity contribution is 7.09. The molecule has 1 unspecified atom stereocenters. The number of nitrogens with one attached hydrogen (secondary N) is 1. The summed E-state index contributed by atoms with van der Waals surface area (Å²) in [6, 6.07) is -0.469. The molecule has 0 bridgehead atoms. The van der Waals surface area contributed by atoms with E-state index in [1.54, 1.807) is 6.20 Å². The molecule has 0 aromatic carbocycles. The maximum Gasteiger partial charge on any atom is 0.320 e. The molecule has 0 spiro atoms. The summed E-state index contributed by atoms with van der Waals surface area (Å²) in [7, 11) is 0. The minimum atomic E-state index is -0.806. The summed E-state index contributed by atoms with van der Waals surface area (Å²) in [5.41, 5.74) is 0. The Hall–Kier alpha value is -0.940. The SMILES string of the molecule is CCC(NCc1nccs1)C(=O)O. The first-order valence-electron chi connectivity index (χ1n) is 4.08. The smallest absolute Gasteiger partial charge is 0.320 e. The number of rotatable bonds is 5. The molecule has 72 valence electrons. The van der Waals surface area contributed by atoms with Crippen LogP contribution in [0.25, 0.3) is 0 Å². The lowest BCUT2D eigenvalue weighted by Gasteiger charge is -2.09. The number of carboxylic acid groups (broad SMARTS) is 1. The summed E-state index contributed by atoms with van der Waals surface area (Å²) in [4.78, 5) is 14.7. The molecule has 4 nitrogen and oxygen atoms in total. The normalized spacial score (nSPS) is 12.7. The average molecular weight is 200 g/mol. The quantitative estimate of drug-likeness (QED) is 0.747. The Morgan fingerprint density at radius 1 is 1.85 bits per heavy atom. The number of hydrogen-bond donors (Lipinski definition) is 2. The van der Waals surface area contributed by atoms with Gasteiger partial charge in [0.15, 0.2) is 0 Å². The summed E-state index contributed by atoms with van der Waals surface area (Å²) >= 11 is 1.52. The maximum atomic E-state index is 10.6. The van der Waals surface area contributed by atoms with Crippen molar-refractivity contribution in [3.63, 3.8) is 0 Å². The van der Waals surface area contributed by atoms with Gasteiger partial charge in [0.2, 0.25) is 0 Å². The van der Waals surface area contributed by atoms with E-state index in [-0.39, 0.29) is 0 Å². The first-order chi connectivity index (χ1) is 6.24. The van der Waals surface area contributed by atoms with Gasteiger partial charge < -0.3 is 5.11 Å². The van der Waals surface area contributed by atoms with Gasteiger partial charge in [-0.1, -0.05) is 6.92 Å². The van der Waals surface area contributed by atoms with Crippen LogP contribution in [0.5, 0.6) is 0 Å². The first-order valence-corrected chi connectivity index (χ1v) is 4.96. The van der Waals surface area contributed by atoms with Gasteiger partial charge in [0.1, 0.15) is 11.0 Å². The Balaban J connectivity index is 2.36. The molecule has 1 atom stereocenters. The molecule has 0 fully saturated rings. The molecule has 0 saturated heterocycles. The topological polar surface area (TPSA) is 62.2 Å². The van der Waals surface area contributed by atoms with E-state index in [2.05, 4.69) is 10.3 Å². The molecule has 1 aromatic heterocycles. The summed E-state index contributed by atoms with van der Waals surface area (Å²) in [5, 5.41) is 14.4. The molecule has 5 heteroatoms. The fourth-order valence-electron chi connectivity index (χ4n) is 0.957. The van der Waals surface area contributed by atoms with E-state index < -0.39 is 12.0 Å². The molecule has 1 aromatic rings. The minimum Gasteiger partial charge on any atom is -0.480 e. The van der Waals surface area contributed by atoms with Crippen LogP contribution in [0.4, 0.5) is 0 Å². The van der Waals surface area contributed by atoms with E-state index in [0.717, 1.165) is 5.01 Å². The second-order valence-electron chi connectivity index (χ2n) is 2.61. The van der Waals surface area contributed by atoms with Crippen molar-refractivity contribution < 1.29 is 9.90 Å². The number of thiazole rings is 1. The number of carbonyl (C=O) groups is 1. The van der Waals surface area contributed by atoms with Gasteiger partial charge in [-0.05, 0) is 6.42 Å². The number of carboxylic acids is 1. The summed E-state index contributed by atoms with van der Waals surface area (Å²) < 4.78 is 0. The zero-order valence-electron chi connectivity index (χ0n) is 7.36. The predicted octanol–water partition coefficient (Wildman–Crippen LogP) is 1.10. The van der Waals surface area contributed by atoms with Gasteiger partial charge in [0, 0.05) is 18.1 Å². The third-order valence-electron chi connectivity index (χ3n) is 1.69. The van der Waals surface area contributed by atoms with Crippen LogP contribution in [-0.4, -0.2) is 22.1 Å². The Morgan fingerprint density at radius 2 is 2.62 bits per heavy atom. The third-order valence-corrected chi connectivity index (χ3v) is 2.47. The second-order valence-corrected chi connectivity index (χ2v) is 3.58. The van der Waals surface area contributed by atoms with Crippen molar-refractivity contribution in [3.8, 4) is 0 Å². The molecule has 0 aliphatic rings. The number of aromatic nitrogens is 1. The van der Waals surface area contributed by atoms with E-state index in [9.17, 15) is 4.79 Å². The Bertz CT molecular complexity index is 261. The van der Waals surface area contributed by atoms with Crippen LogP contribution >= 0.6 is 11.3 Å². The molecule has 0 aliphatic carbocycles. The van der Waals surface area contributed by atoms with Crippen molar-refractivity contribution in [2.45, 2.75) is 25.9 Å². The predicted molar refractivity (Wildman–Crippen MR) is 50.7 cm³/mol. The van der Waals surface area contributed by atoms with Crippen molar-refractivity contribution >= 4 is 17.3 Å². The number of aliphatic carboxylic acids is 1. The maximum absolute atomic E-state index is 10.6. The molecule has 0 aliphatic heterocycles. The Morgan fingerprint density at radius 3 is 3.08 bits per heavy atom. The van der Waals surface area contributed by atoms with E-state index in [0.29, 0.717) is 13.0 Å². The second kappa shape index (κ2) is 4.94. The summed E-state index contributed by atoms with van der Waals surface area (Å²) in [5.74, 6) is -0.806. The summed E-state index contributed by atoms with van der Waals surface area (Å²) in [6.45, 7) is 2.37. The lowest BCUT2D eigenvalue weighted by Crippen LogP contribution is -2.35. The van der Waals surface area contributed by atoms with Gasteiger partial charge in [0.25, 0.3) is 0 Å². The van der Waals surface area contributed by atoms with E-state index in [1.807, 2.05) is 12.3 Å². The molecule has 1 heterocycles. The first kappa shape index (κ1) is 10.1. The van der Waals surface area contributed by atoms with Crippen molar-refractivity contribution in [3.05, 3.63) is 16.6 Å². The molecule has 1 rings (SSSR count). The molecular formula is C8H12N2O2S. The van der Waals surface area contributed by atoms with Crippen LogP contribution in [0.1, 0.15) is 18.4 Å². The Labute approximate surface area is 80.6 Å². The highest BCUT2D eigenvalue weighted by atomic mass is 32.1. The number of hydrogen-bond acceptors (Lipinski definition) is 4. The lowest BCUT2D eigenvalue weighted by atomic mass is 10.2. The zero-order valence-corrected chi connectivity index (χ0v) is 8.17. The van der Waals surface area contributed by atoms with Gasteiger partial charge in [-0.2, -0.15) is 0 Å². The van der Waals surface area contributed by atoms with Crippen LogP contribution in [0.3, 0.4) is 0 Å².